The van der Waals surface area contributed by atoms with Crippen molar-refractivity contribution in [3.05, 3.63) is 81.6 Å². The number of imidazole rings is 1. The van der Waals surface area contributed by atoms with Gasteiger partial charge in [0.1, 0.15) is 12.7 Å². The van der Waals surface area contributed by atoms with Crippen LogP contribution in [0.5, 0.6) is 5.88 Å². The lowest BCUT2D eigenvalue weighted by molar-refractivity contribution is -0.000739. The van der Waals surface area contributed by atoms with Crippen LogP contribution in [0.25, 0.3) is 16.7 Å². The first kappa shape index (κ1) is 28.4. The van der Waals surface area contributed by atoms with E-state index in [4.69, 9.17) is 21.1 Å². The molecule has 1 aliphatic carbocycles. The molecule has 42 heavy (non-hydrogen) atoms. The molecule has 4 heterocycles. The summed E-state index contributed by atoms with van der Waals surface area (Å²) in [6.07, 6.45) is 6.75. The number of para-hydroxylation sites is 2. The maximum absolute atomic E-state index is 13.8. The van der Waals surface area contributed by atoms with Crippen molar-refractivity contribution < 1.29 is 14.3 Å². The third-order valence-electron chi connectivity index (χ3n) is 8.16. The van der Waals surface area contributed by atoms with Gasteiger partial charge >= 0.3 is 5.69 Å². The summed E-state index contributed by atoms with van der Waals surface area (Å²) in [7, 11) is 0. The van der Waals surface area contributed by atoms with Gasteiger partial charge in [-0.25, -0.2) is 9.78 Å². The van der Waals surface area contributed by atoms with Crippen molar-refractivity contribution in [3.63, 3.8) is 0 Å². The third-order valence-corrected chi connectivity index (χ3v) is 8.36. The molecule has 10 nitrogen and oxygen atoms in total. The van der Waals surface area contributed by atoms with Gasteiger partial charge in [-0.3, -0.25) is 18.9 Å². The molecule has 0 radical (unpaired) electrons. The van der Waals surface area contributed by atoms with Crippen LogP contribution in [-0.2, 0) is 11.3 Å². The molecule has 1 aliphatic heterocycles. The Hall–Kier alpha value is -3.73. The minimum Gasteiger partial charge on any atom is -0.475 e. The maximum Gasteiger partial charge on any atom is 0.333 e. The number of carbonyl (C=O) groups excluding carboxylic acids is 1. The molecule has 1 aromatic carbocycles. The number of nitrogens with one attached hydrogen (secondary N) is 2. The second-order valence-electron chi connectivity index (χ2n) is 11.1. The van der Waals surface area contributed by atoms with Crippen LogP contribution in [0.4, 0.5) is 0 Å². The van der Waals surface area contributed by atoms with Crippen LogP contribution < -0.4 is 21.1 Å². The van der Waals surface area contributed by atoms with Crippen LogP contribution in [-0.4, -0.2) is 63.5 Å². The van der Waals surface area contributed by atoms with E-state index in [9.17, 15) is 9.59 Å². The molecule has 1 atom stereocenters. The van der Waals surface area contributed by atoms with E-state index in [0.717, 1.165) is 49.8 Å². The summed E-state index contributed by atoms with van der Waals surface area (Å²) in [4.78, 5) is 35.3. The lowest BCUT2D eigenvalue weighted by Gasteiger charge is -2.29. The SMILES string of the molecule is Cc1ncc(Cl)cc1C(=O)NC1CCC(Cn2c(=O)n(-c3ccc(OC[C@@H]4CNCCO4)nc3)c3ccccc32)CC1. The summed E-state index contributed by atoms with van der Waals surface area (Å²) >= 11 is 6.05. The maximum atomic E-state index is 13.8. The summed E-state index contributed by atoms with van der Waals surface area (Å²) in [5.74, 6) is 0.681. The summed E-state index contributed by atoms with van der Waals surface area (Å²) in [5, 5.41) is 6.88. The van der Waals surface area contributed by atoms with Gasteiger partial charge in [0, 0.05) is 37.9 Å². The summed E-state index contributed by atoms with van der Waals surface area (Å²) < 4.78 is 15.1. The van der Waals surface area contributed by atoms with E-state index in [1.54, 1.807) is 36.0 Å². The highest BCUT2D eigenvalue weighted by Crippen LogP contribution is 2.28. The fourth-order valence-corrected chi connectivity index (χ4v) is 6.04. The van der Waals surface area contributed by atoms with Crippen LogP contribution in [0, 0.1) is 12.8 Å². The molecular weight excluding hydrogens is 556 g/mol. The number of aryl methyl sites for hydroxylation is 1. The second-order valence-corrected chi connectivity index (χ2v) is 11.5. The third kappa shape index (κ3) is 6.21. The standard InChI is InChI=1S/C31H35ClN6O4/c1-20-26(14-22(32)15-34-20)30(39)36-23-8-6-21(7-9-23)18-37-27-4-2-3-5-28(27)38(31(37)40)24-10-11-29(35-16-24)42-19-25-17-33-12-13-41-25/h2-5,10-11,14-16,21,23,25,33H,6-9,12-13,17-19H2,1H3,(H,36,39)/t21?,23?,25-/m0/s1. The number of carbonyl (C=O) groups is 1. The molecule has 3 aromatic heterocycles. The van der Waals surface area contributed by atoms with Crippen molar-refractivity contribution in [2.45, 2.75) is 51.3 Å². The van der Waals surface area contributed by atoms with E-state index in [1.807, 2.05) is 34.9 Å². The van der Waals surface area contributed by atoms with Crippen LogP contribution in [0.2, 0.25) is 5.02 Å². The minimum atomic E-state index is -0.144. The Morgan fingerprint density at radius 2 is 1.93 bits per heavy atom. The fourth-order valence-electron chi connectivity index (χ4n) is 5.88. The Labute approximate surface area is 249 Å². The summed E-state index contributed by atoms with van der Waals surface area (Å²) in [5.41, 5.74) is 3.50. The molecule has 1 saturated heterocycles. The number of ether oxygens (including phenoxy) is 2. The van der Waals surface area contributed by atoms with Crippen LogP contribution in [0.3, 0.4) is 0 Å². The van der Waals surface area contributed by atoms with Gasteiger partial charge in [-0.2, -0.15) is 0 Å². The van der Waals surface area contributed by atoms with E-state index in [0.29, 0.717) is 53.5 Å². The predicted molar refractivity (Wildman–Crippen MR) is 161 cm³/mol. The highest BCUT2D eigenvalue weighted by Gasteiger charge is 2.26. The smallest absolute Gasteiger partial charge is 0.333 e. The second kappa shape index (κ2) is 12.6. The van der Waals surface area contributed by atoms with E-state index in [1.165, 1.54) is 0 Å². The lowest BCUT2D eigenvalue weighted by atomic mass is 9.85. The van der Waals surface area contributed by atoms with Crippen molar-refractivity contribution in [2.24, 2.45) is 5.92 Å². The zero-order valence-electron chi connectivity index (χ0n) is 23.6. The number of pyridine rings is 2. The Morgan fingerprint density at radius 1 is 1.12 bits per heavy atom. The number of rotatable bonds is 8. The minimum absolute atomic E-state index is 0.00313. The van der Waals surface area contributed by atoms with E-state index in [-0.39, 0.29) is 23.7 Å². The zero-order valence-corrected chi connectivity index (χ0v) is 24.3. The summed E-state index contributed by atoms with van der Waals surface area (Å²) in [6.45, 7) is 5.13. The molecule has 6 rings (SSSR count). The Balaban J connectivity index is 1.12. The molecule has 2 N–H and O–H groups in total. The van der Waals surface area contributed by atoms with Crippen molar-refractivity contribution >= 4 is 28.5 Å². The monoisotopic (exact) mass is 590 g/mol. The Morgan fingerprint density at radius 3 is 2.67 bits per heavy atom. The number of hydrogen-bond acceptors (Lipinski definition) is 7. The number of aromatic nitrogens is 4. The van der Waals surface area contributed by atoms with Crippen molar-refractivity contribution in [3.8, 4) is 11.6 Å². The fraction of sp³-hybridized carbons (Fsp3) is 0.419. The molecule has 0 unspecified atom stereocenters. The molecule has 1 saturated carbocycles. The molecule has 1 amide bonds. The number of nitrogens with zero attached hydrogens (tertiary/aromatic N) is 4. The van der Waals surface area contributed by atoms with Crippen LogP contribution >= 0.6 is 11.6 Å². The average molecular weight is 591 g/mol. The summed E-state index contributed by atoms with van der Waals surface area (Å²) in [6, 6.07) is 13.3. The lowest BCUT2D eigenvalue weighted by Crippen LogP contribution is -2.41. The number of hydrogen-bond donors (Lipinski definition) is 2. The molecule has 220 valence electrons. The first-order valence-corrected chi connectivity index (χ1v) is 14.9. The molecule has 4 aromatic rings. The molecule has 0 bridgehead atoms. The van der Waals surface area contributed by atoms with Gasteiger partial charge in [0.05, 0.1) is 45.8 Å². The topological polar surface area (TPSA) is 112 Å². The first-order valence-electron chi connectivity index (χ1n) is 14.5. The molecule has 11 heteroatoms. The number of amides is 1. The van der Waals surface area contributed by atoms with Crippen molar-refractivity contribution in [1.29, 1.82) is 0 Å². The average Bonchev–Trinajstić information content (AvgIpc) is 3.29. The van der Waals surface area contributed by atoms with Gasteiger partial charge < -0.3 is 20.1 Å². The van der Waals surface area contributed by atoms with E-state index < -0.39 is 0 Å². The molecule has 2 fully saturated rings. The number of halogens is 1. The van der Waals surface area contributed by atoms with Gasteiger partial charge in [0.15, 0.2) is 0 Å². The van der Waals surface area contributed by atoms with Crippen LogP contribution in [0.15, 0.2) is 59.7 Å². The molecule has 2 aliphatic rings. The largest absolute Gasteiger partial charge is 0.475 e. The van der Waals surface area contributed by atoms with Crippen molar-refractivity contribution in [2.75, 3.05) is 26.3 Å². The van der Waals surface area contributed by atoms with E-state index in [2.05, 4.69) is 20.6 Å². The zero-order chi connectivity index (χ0) is 29.1. The Bertz CT molecular complexity index is 1600. The number of fused-ring (bicyclic) bond motifs is 1. The van der Waals surface area contributed by atoms with Crippen LogP contribution in [0.1, 0.15) is 41.7 Å². The van der Waals surface area contributed by atoms with E-state index >= 15 is 0 Å². The quantitative estimate of drug-likeness (QED) is 0.320. The number of morpholine rings is 1. The first-order chi connectivity index (χ1) is 20.5. The predicted octanol–water partition coefficient (Wildman–Crippen LogP) is 3.90. The highest BCUT2D eigenvalue weighted by atomic mass is 35.5. The number of benzene rings is 1. The van der Waals surface area contributed by atoms with Gasteiger partial charge in [0.25, 0.3) is 5.91 Å². The van der Waals surface area contributed by atoms with Gasteiger partial charge in [-0.15, -0.1) is 0 Å². The van der Waals surface area contributed by atoms with Crippen molar-refractivity contribution in [1.82, 2.24) is 29.7 Å². The Kier molecular flexibility index (Phi) is 8.55. The normalized spacial score (nSPS) is 20.9. The van der Waals surface area contributed by atoms with Gasteiger partial charge in [-0.1, -0.05) is 23.7 Å². The highest BCUT2D eigenvalue weighted by molar-refractivity contribution is 6.30. The molecular formula is C31H35ClN6O4. The van der Waals surface area contributed by atoms with Gasteiger partial charge in [-0.05, 0) is 62.8 Å². The van der Waals surface area contributed by atoms with Gasteiger partial charge in [0.2, 0.25) is 5.88 Å². The molecule has 0 spiro atoms.